The zero-order valence-electron chi connectivity index (χ0n) is 21.1. The van der Waals surface area contributed by atoms with Gasteiger partial charge in [0, 0.05) is 14.1 Å². The molecular formula is C24H36IN3O8. The Morgan fingerprint density at radius 2 is 1.39 bits per heavy atom. The van der Waals surface area contributed by atoms with Gasteiger partial charge in [0.25, 0.3) is 0 Å². The Kier molecular flexibility index (Phi) is 9.20. The van der Waals surface area contributed by atoms with Crippen LogP contribution in [0.15, 0.2) is 0 Å². The van der Waals surface area contributed by atoms with Crippen molar-refractivity contribution in [1.29, 1.82) is 0 Å². The zero-order valence-corrected chi connectivity index (χ0v) is 23.3. The second-order valence-electron chi connectivity index (χ2n) is 9.81. The minimum absolute atomic E-state index is 0.0324. The maximum atomic E-state index is 13.3. The van der Waals surface area contributed by atoms with E-state index in [9.17, 15) is 19.2 Å². The van der Waals surface area contributed by atoms with Crippen molar-refractivity contribution in [2.75, 3.05) is 45.3 Å². The lowest BCUT2D eigenvalue weighted by atomic mass is 9.89. The van der Waals surface area contributed by atoms with Crippen LogP contribution in [0.4, 0.5) is 4.79 Å². The van der Waals surface area contributed by atoms with Crippen LogP contribution in [0.1, 0.15) is 38.5 Å². The molecule has 0 aromatic carbocycles. The Morgan fingerprint density at radius 1 is 0.861 bits per heavy atom. The molecule has 4 fully saturated rings. The maximum Gasteiger partial charge on any atom is 0.325 e. The molecule has 6 atom stereocenters. The third-order valence-electron chi connectivity index (χ3n) is 7.30. The van der Waals surface area contributed by atoms with Gasteiger partial charge in [-0.15, -0.1) is 0 Å². The molecule has 0 aromatic rings. The Morgan fingerprint density at radius 3 is 1.86 bits per heavy atom. The largest absolute Gasteiger partial charge is 0.464 e. The lowest BCUT2D eigenvalue weighted by molar-refractivity contribution is -0.150. The zero-order chi connectivity index (χ0) is 25.8. The van der Waals surface area contributed by atoms with Crippen molar-refractivity contribution >= 4 is 48.9 Å². The lowest BCUT2D eigenvalue weighted by Gasteiger charge is -2.32. The summed E-state index contributed by atoms with van der Waals surface area (Å²) in [6, 6.07) is -0.342. The van der Waals surface area contributed by atoms with Crippen LogP contribution in [0, 0.1) is 11.8 Å². The van der Waals surface area contributed by atoms with Crippen LogP contribution in [-0.2, 0) is 33.3 Å². The first kappa shape index (κ1) is 27.2. The van der Waals surface area contributed by atoms with Gasteiger partial charge in [0.1, 0.15) is 17.0 Å². The van der Waals surface area contributed by atoms with Gasteiger partial charge in [-0.25, -0.2) is 4.79 Å². The molecule has 2 aliphatic carbocycles. The molecule has 0 spiro atoms. The van der Waals surface area contributed by atoms with Gasteiger partial charge in [-0.1, -0.05) is 20.7 Å². The van der Waals surface area contributed by atoms with E-state index in [2.05, 4.69) is 0 Å². The first-order valence-electron chi connectivity index (χ1n) is 12.5. The molecule has 2 saturated carbocycles. The third kappa shape index (κ3) is 6.74. The fraction of sp³-hybridized carbons (Fsp3) is 0.792. The molecule has 202 valence electrons. The number of likely N-dealkylation sites (N-methyl/N-ethyl adjacent to an activating group) is 1. The Hall–Kier alpha value is -1.80. The molecule has 3 amide bonds. The monoisotopic (exact) mass is 621 g/mol. The van der Waals surface area contributed by atoms with Gasteiger partial charge in [0.15, 0.2) is 0 Å². The maximum absolute atomic E-state index is 13.3. The standard InChI is InChI=1S/C24H36IN3O8/c1-25-23(27(3)14-29)28(9-11-34-22(31)16-5-7-18-20(13-16)36-18)24(32)26(2)8-10-33-21(30)15-4-6-17-19(12-15)35-17/h14-20H,4-13H2,1-3H3. The van der Waals surface area contributed by atoms with Crippen molar-refractivity contribution in [3.63, 3.8) is 0 Å². The quantitative estimate of drug-likeness (QED) is 0.112. The van der Waals surface area contributed by atoms with Crippen molar-refractivity contribution in [3.05, 3.63) is 0 Å². The number of carbonyl (C=O) groups is 4. The highest BCUT2D eigenvalue weighted by Crippen LogP contribution is 2.40. The number of esters is 2. The highest BCUT2D eigenvalue weighted by atomic mass is 127. The van der Waals surface area contributed by atoms with E-state index in [1.54, 1.807) is 14.1 Å². The molecule has 0 radical (unpaired) electrons. The molecule has 36 heavy (non-hydrogen) atoms. The van der Waals surface area contributed by atoms with Crippen molar-refractivity contribution in [2.24, 2.45) is 11.8 Å². The van der Waals surface area contributed by atoms with Crippen LogP contribution < -0.4 is 0 Å². The molecular weight excluding hydrogens is 585 g/mol. The number of alkyl halides is 1. The van der Waals surface area contributed by atoms with E-state index in [4.69, 9.17) is 18.9 Å². The molecule has 11 nitrogen and oxygen atoms in total. The highest BCUT2D eigenvalue weighted by Gasteiger charge is 2.47. The van der Waals surface area contributed by atoms with Gasteiger partial charge in [0.05, 0.1) is 49.3 Å². The molecule has 4 aliphatic rings. The minimum atomic E-state index is -0.650. The van der Waals surface area contributed by atoms with E-state index in [1.165, 1.54) is 14.7 Å². The SMILES string of the molecule is CI=C(N(C)C=O)N(CCOC(=O)C1CCC2OC2C1)C(=O)N(C)CCOC(=O)C1CCC2OC2C1. The molecule has 4 rings (SSSR count). The fourth-order valence-electron chi connectivity index (χ4n) is 5.03. The number of ether oxygens (including phenoxy) is 4. The second kappa shape index (κ2) is 12.2. The fourth-order valence-corrected chi connectivity index (χ4v) is 6.94. The molecule has 6 unspecified atom stereocenters. The lowest BCUT2D eigenvalue weighted by Crippen LogP contribution is -2.51. The molecule has 0 aromatic heterocycles. The summed E-state index contributed by atoms with van der Waals surface area (Å²) >= 11 is -0.650. The summed E-state index contributed by atoms with van der Waals surface area (Å²) in [6.45, 7) is 0.461. The number of hydrogen-bond acceptors (Lipinski definition) is 8. The smallest absolute Gasteiger partial charge is 0.325 e. The number of halogens is 1. The number of amides is 3. The minimum Gasteiger partial charge on any atom is -0.464 e. The number of nitrogens with zero attached hydrogens (tertiary/aromatic N) is 3. The van der Waals surface area contributed by atoms with Crippen LogP contribution in [0.3, 0.4) is 0 Å². The van der Waals surface area contributed by atoms with E-state index < -0.39 is 20.7 Å². The average molecular weight is 621 g/mol. The molecule has 12 heteroatoms. The molecule has 0 bridgehead atoms. The van der Waals surface area contributed by atoms with Crippen LogP contribution in [0.25, 0.3) is 0 Å². The Bertz CT molecular complexity index is 885. The van der Waals surface area contributed by atoms with Gasteiger partial charge in [-0.2, -0.15) is 0 Å². The highest BCUT2D eigenvalue weighted by molar-refractivity contribution is 14.2. The summed E-state index contributed by atoms with van der Waals surface area (Å²) in [4.78, 5) is 56.0. The van der Waals surface area contributed by atoms with Gasteiger partial charge < -0.3 is 23.8 Å². The molecule has 2 saturated heterocycles. The number of epoxide rings is 2. The summed E-state index contributed by atoms with van der Waals surface area (Å²) in [5.74, 6) is -0.824. The number of rotatable bonds is 11. The average Bonchev–Trinajstić information content (AvgIpc) is 3.80. The summed E-state index contributed by atoms with van der Waals surface area (Å²) < 4.78 is 22.5. The normalized spacial score (nSPS) is 30.5. The summed E-state index contributed by atoms with van der Waals surface area (Å²) in [7, 11) is 3.23. The Balaban J connectivity index is 1.26. The van der Waals surface area contributed by atoms with Crippen LogP contribution in [0.5, 0.6) is 0 Å². The summed E-state index contributed by atoms with van der Waals surface area (Å²) in [5, 5.41) is 0. The van der Waals surface area contributed by atoms with Crippen molar-refractivity contribution in [1.82, 2.24) is 14.7 Å². The van der Waals surface area contributed by atoms with Gasteiger partial charge >= 0.3 is 18.0 Å². The summed E-state index contributed by atoms with van der Waals surface area (Å²) in [5.41, 5.74) is 0. The number of urea groups is 1. The van der Waals surface area contributed by atoms with E-state index in [1.807, 2.05) is 4.93 Å². The summed E-state index contributed by atoms with van der Waals surface area (Å²) in [6.07, 6.45) is 6.36. The number of fused-ring (bicyclic) bond motifs is 2. The molecule has 0 N–H and O–H groups in total. The first-order chi connectivity index (χ1) is 17.3. The van der Waals surface area contributed by atoms with Crippen LogP contribution in [0.2, 0.25) is 0 Å². The van der Waals surface area contributed by atoms with Crippen molar-refractivity contribution in [3.8, 4) is 0 Å². The number of hydrogen-bond donors (Lipinski definition) is 0. The van der Waals surface area contributed by atoms with E-state index in [-0.39, 0.29) is 68.3 Å². The van der Waals surface area contributed by atoms with E-state index in [0.29, 0.717) is 35.2 Å². The van der Waals surface area contributed by atoms with Crippen molar-refractivity contribution in [2.45, 2.75) is 62.9 Å². The molecule has 2 heterocycles. The Labute approximate surface area is 221 Å². The second-order valence-corrected chi connectivity index (χ2v) is 11.9. The number of carbonyl (C=O) groups excluding carboxylic acids is 4. The van der Waals surface area contributed by atoms with E-state index in [0.717, 1.165) is 25.7 Å². The third-order valence-corrected chi connectivity index (χ3v) is 9.61. The predicted molar refractivity (Wildman–Crippen MR) is 137 cm³/mol. The van der Waals surface area contributed by atoms with E-state index >= 15 is 0 Å². The first-order valence-corrected chi connectivity index (χ1v) is 15.8. The predicted octanol–water partition coefficient (Wildman–Crippen LogP) is 1.34. The molecule has 2 aliphatic heterocycles. The van der Waals surface area contributed by atoms with Gasteiger partial charge in [-0.3, -0.25) is 24.2 Å². The topological polar surface area (TPSA) is 122 Å². The van der Waals surface area contributed by atoms with Crippen LogP contribution >= 0.6 is 20.7 Å². The van der Waals surface area contributed by atoms with Crippen molar-refractivity contribution < 1.29 is 38.1 Å². The van der Waals surface area contributed by atoms with Gasteiger partial charge in [-0.05, 0) is 43.5 Å². The van der Waals surface area contributed by atoms with Crippen LogP contribution in [-0.4, -0.2) is 113 Å². The van der Waals surface area contributed by atoms with Gasteiger partial charge in [0.2, 0.25) is 6.41 Å².